The second-order valence-corrected chi connectivity index (χ2v) is 11.3. The number of fused-ring (bicyclic) bond motifs is 1. The molecule has 0 aromatic heterocycles. The van der Waals surface area contributed by atoms with Gasteiger partial charge in [0.1, 0.15) is 12.4 Å². The van der Waals surface area contributed by atoms with Crippen LogP contribution in [0.4, 0.5) is 5.69 Å². The Morgan fingerprint density at radius 2 is 1.86 bits per heavy atom. The third kappa shape index (κ3) is 9.15. The number of hydrogen-bond donors (Lipinski definition) is 2. The van der Waals surface area contributed by atoms with Crippen LogP contribution in [0, 0.1) is 5.92 Å². The molecule has 1 amide bonds. The van der Waals surface area contributed by atoms with Gasteiger partial charge in [0.25, 0.3) is 0 Å². The van der Waals surface area contributed by atoms with Gasteiger partial charge in [-0.1, -0.05) is 37.3 Å². The SMILES string of the molecule is CCC(C[C@@H]1C[C@H](c2ccc(COCCOC)cc2)[C@@H](OCc2ccc3c(c2)N(CCCOC)CCO3)CN1)C(N)=O. The number of nitrogens with zero attached hydrogens (tertiary/aromatic N) is 1. The minimum Gasteiger partial charge on any atom is -0.490 e. The zero-order valence-electron chi connectivity index (χ0n) is 25.5. The van der Waals surface area contributed by atoms with Crippen molar-refractivity contribution in [2.24, 2.45) is 11.7 Å². The summed E-state index contributed by atoms with van der Waals surface area (Å²) < 4.78 is 28.6. The van der Waals surface area contributed by atoms with Gasteiger partial charge in [-0.15, -0.1) is 0 Å². The molecule has 0 saturated carbocycles. The van der Waals surface area contributed by atoms with Gasteiger partial charge >= 0.3 is 0 Å². The second kappa shape index (κ2) is 16.8. The van der Waals surface area contributed by atoms with Gasteiger partial charge < -0.3 is 39.6 Å². The summed E-state index contributed by atoms with van der Waals surface area (Å²) in [6.07, 6.45) is 3.33. The number of piperidine rings is 1. The van der Waals surface area contributed by atoms with Gasteiger partial charge in [0.15, 0.2) is 0 Å². The molecule has 42 heavy (non-hydrogen) atoms. The van der Waals surface area contributed by atoms with Crippen LogP contribution in [0.3, 0.4) is 0 Å². The van der Waals surface area contributed by atoms with Crippen molar-refractivity contribution >= 4 is 11.6 Å². The summed E-state index contributed by atoms with van der Waals surface area (Å²) in [4.78, 5) is 14.3. The number of ether oxygens (including phenoxy) is 5. The summed E-state index contributed by atoms with van der Waals surface area (Å²) in [5.74, 6) is 0.766. The fourth-order valence-electron chi connectivity index (χ4n) is 5.94. The molecule has 3 N–H and O–H groups in total. The van der Waals surface area contributed by atoms with Crippen LogP contribution in [0.1, 0.15) is 55.2 Å². The van der Waals surface area contributed by atoms with Gasteiger partial charge in [-0.2, -0.15) is 0 Å². The number of nitrogens with one attached hydrogen (secondary N) is 1. The van der Waals surface area contributed by atoms with E-state index in [1.807, 2.05) is 6.92 Å². The Balaban J connectivity index is 1.45. The highest BCUT2D eigenvalue weighted by molar-refractivity contribution is 5.76. The highest BCUT2D eigenvalue weighted by atomic mass is 16.5. The number of anilines is 1. The fraction of sp³-hybridized carbons (Fsp3) is 0.606. The minimum absolute atomic E-state index is 0.0104. The van der Waals surface area contributed by atoms with E-state index in [9.17, 15) is 4.79 Å². The van der Waals surface area contributed by atoms with Crippen molar-refractivity contribution in [3.63, 3.8) is 0 Å². The van der Waals surface area contributed by atoms with Crippen LogP contribution in [0.2, 0.25) is 0 Å². The molecule has 4 atom stereocenters. The molecule has 2 aromatic carbocycles. The van der Waals surface area contributed by atoms with E-state index in [1.165, 1.54) is 5.56 Å². The maximum Gasteiger partial charge on any atom is 0.220 e. The fourth-order valence-corrected chi connectivity index (χ4v) is 5.94. The lowest BCUT2D eigenvalue weighted by atomic mass is 9.81. The maximum absolute atomic E-state index is 12.0. The first-order valence-corrected chi connectivity index (χ1v) is 15.3. The molecule has 2 aliphatic rings. The van der Waals surface area contributed by atoms with Crippen LogP contribution in [0.5, 0.6) is 5.75 Å². The van der Waals surface area contributed by atoms with E-state index >= 15 is 0 Å². The molecule has 2 heterocycles. The molecule has 232 valence electrons. The average molecular weight is 584 g/mol. The van der Waals surface area contributed by atoms with Gasteiger partial charge in [-0.05, 0) is 54.5 Å². The van der Waals surface area contributed by atoms with Crippen LogP contribution in [-0.4, -0.2) is 78.3 Å². The number of primary amides is 1. The third-order valence-electron chi connectivity index (χ3n) is 8.39. The molecule has 9 nitrogen and oxygen atoms in total. The first kappa shape index (κ1) is 32.2. The predicted octanol–water partition coefficient (Wildman–Crippen LogP) is 4.02. The molecular weight excluding hydrogens is 534 g/mol. The number of nitrogens with two attached hydrogens (primary N) is 1. The molecule has 0 bridgehead atoms. The van der Waals surface area contributed by atoms with Crippen LogP contribution in [0.15, 0.2) is 42.5 Å². The van der Waals surface area contributed by atoms with Crippen molar-refractivity contribution in [2.45, 2.75) is 63.9 Å². The molecule has 0 spiro atoms. The monoisotopic (exact) mass is 583 g/mol. The van der Waals surface area contributed by atoms with Crippen LogP contribution < -0.4 is 20.7 Å². The molecule has 1 fully saturated rings. The van der Waals surface area contributed by atoms with E-state index in [0.717, 1.165) is 67.9 Å². The van der Waals surface area contributed by atoms with Crippen molar-refractivity contribution in [3.05, 3.63) is 59.2 Å². The first-order chi connectivity index (χ1) is 20.5. The number of amides is 1. The summed E-state index contributed by atoms with van der Waals surface area (Å²) in [5, 5.41) is 3.66. The standard InChI is InChI=1S/C33H49N3O6/c1-4-26(33(34)37)19-28-20-29(27-9-6-24(7-10-27)22-40-17-16-39-3)32(21-35-28)42-23-25-8-11-31-30(18-25)36(13-15-41-31)12-5-14-38-2/h6-11,18,26,28-29,32,35H,4-5,12-17,19-23H2,1-3H3,(H2,34,37)/t26?,28-,29-,32+/m1/s1. The van der Waals surface area contributed by atoms with Gasteiger partial charge in [0, 0.05) is 51.8 Å². The number of rotatable bonds is 17. The number of carbonyl (C=O) groups excluding carboxylic acids is 1. The molecule has 1 unspecified atom stereocenters. The van der Waals surface area contributed by atoms with Crippen LogP contribution in [0.25, 0.3) is 0 Å². The molecule has 0 radical (unpaired) electrons. The molecular formula is C33H49N3O6. The number of methoxy groups -OCH3 is 2. The highest BCUT2D eigenvalue weighted by Gasteiger charge is 2.34. The normalized spacial score (nSPS) is 21.0. The van der Waals surface area contributed by atoms with Crippen LogP contribution >= 0.6 is 0 Å². The Labute approximate surface area is 251 Å². The van der Waals surface area contributed by atoms with E-state index < -0.39 is 0 Å². The lowest BCUT2D eigenvalue weighted by Crippen LogP contribution is -2.48. The summed E-state index contributed by atoms with van der Waals surface area (Å²) in [7, 11) is 3.42. The first-order valence-electron chi connectivity index (χ1n) is 15.3. The van der Waals surface area contributed by atoms with Crippen molar-refractivity contribution in [1.82, 2.24) is 5.32 Å². The van der Waals surface area contributed by atoms with E-state index in [1.54, 1.807) is 14.2 Å². The number of carbonyl (C=O) groups is 1. The molecule has 2 aromatic rings. The van der Waals surface area contributed by atoms with Gasteiger partial charge in [-0.3, -0.25) is 4.79 Å². The van der Waals surface area contributed by atoms with Crippen molar-refractivity contribution < 1.29 is 28.5 Å². The Bertz CT molecular complexity index is 1100. The zero-order chi connectivity index (χ0) is 29.7. The number of benzene rings is 2. The Hall–Kier alpha value is -2.69. The lowest BCUT2D eigenvalue weighted by Gasteiger charge is -2.38. The van der Waals surface area contributed by atoms with Crippen molar-refractivity contribution in [3.8, 4) is 5.75 Å². The minimum atomic E-state index is -0.222. The van der Waals surface area contributed by atoms with Gasteiger partial charge in [0.2, 0.25) is 5.91 Å². The van der Waals surface area contributed by atoms with Gasteiger partial charge in [-0.25, -0.2) is 0 Å². The molecule has 2 aliphatic heterocycles. The highest BCUT2D eigenvalue weighted by Crippen LogP contribution is 2.35. The van der Waals surface area contributed by atoms with E-state index in [-0.39, 0.29) is 29.9 Å². The quantitative estimate of drug-likeness (QED) is 0.269. The Kier molecular flexibility index (Phi) is 12.9. The molecule has 9 heteroatoms. The van der Waals surface area contributed by atoms with E-state index in [4.69, 9.17) is 29.4 Å². The summed E-state index contributed by atoms with van der Waals surface area (Å²) in [5.41, 5.74) is 10.3. The van der Waals surface area contributed by atoms with Crippen molar-refractivity contribution in [1.29, 1.82) is 0 Å². The Morgan fingerprint density at radius 1 is 1.07 bits per heavy atom. The van der Waals surface area contributed by atoms with Crippen LogP contribution in [-0.2, 0) is 37.0 Å². The summed E-state index contributed by atoms with van der Waals surface area (Å²) >= 11 is 0. The maximum atomic E-state index is 12.0. The topological polar surface area (TPSA) is 105 Å². The third-order valence-corrected chi connectivity index (χ3v) is 8.39. The summed E-state index contributed by atoms with van der Waals surface area (Å²) in [6.45, 7) is 8.20. The number of hydrogen-bond acceptors (Lipinski definition) is 8. The zero-order valence-corrected chi connectivity index (χ0v) is 25.5. The summed E-state index contributed by atoms with van der Waals surface area (Å²) in [6, 6.07) is 15.2. The second-order valence-electron chi connectivity index (χ2n) is 11.3. The van der Waals surface area contributed by atoms with E-state index in [0.29, 0.717) is 39.6 Å². The van der Waals surface area contributed by atoms with Crippen molar-refractivity contribution in [2.75, 3.05) is 65.2 Å². The molecule has 0 aliphatic carbocycles. The lowest BCUT2D eigenvalue weighted by molar-refractivity contribution is -0.122. The van der Waals surface area contributed by atoms with E-state index in [2.05, 4.69) is 52.7 Å². The van der Waals surface area contributed by atoms with Gasteiger partial charge in [0.05, 0.1) is 44.8 Å². The largest absolute Gasteiger partial charge is 0.490 e. The smallest absolute Gasteiger partial charge is 0.220 e. The Morgan fingerprint density at radius 3 is 2.60 bits per heavy atom. The molecule has 4 rings (SSSR count). The predicted molar refractivity (Wildman–Crippen MR) is 164 cm³/mol. The average Bonchev–Trinajstić information content (AvgIpc) is 3.01. The molecule has 1 saturated heterocycles.